The molecule has 0 spiro atoms. The number of ether oxygens (including phenoxy) is 5. The number of amides is 2. The minimum atomic E-state index is -0.702. The summed E-state index contributed by atoms with van der Waals surface area (Å²) in [6, 6.07) is 7.11. The van der Waals surface area contributed by atoms with Gasteiger partial charge in [-0.25, -0.2) is 4.79 Å². The number of amidine groups is 2. The van der Waals surface area contributed by atoms with Crippen molar-refractivity contribution in [3.8, 4) is 5.75 Å². The number of nitrogens with two attached hydrogens (primary N) is 2. The lowest BCUT2D eigenvalue weighted by Gasteiger charge is -2.12. The summed E-state index contributed by atoms with van der Waals surface area (Å²) in [5.74, 6) is -0.466. The first-order valence-electron chi connectivity index (χ1n) is 12.1. The van der Waals surface area contributed by atoms with Crippen molar-refractivity contribution in [1.29, 1.82) is 0 Å². The van der Waals surface area contributed by atoms with Gasteiger partial charge in [-0.1, -0.05) is 0 Å². The monoisotopic (exact) mass is 537 g/mol. The molecule has 1 heterocycles. The fourth-order valence-corrected chi connectivity index (χ4v) is 2.85. The van der Waals surface area contributed by atoms with Gasteiger partial charge in [0.25, 0.3) is 11.8 Å². The van der Waals surface area contributed by atoms with Crippen molar-refractivity contribution in [3.63, 3.8) is 0 Å². The smallest absolute Gasteiger partial charge is 0.335 e. The molecule has 14 heteroatoms. The molecule has 2 rings (SSSR count). The molecule has 0 aliphatic carbocycles. The van der Waals surface area contributed by atoms with E-state index in [0.717, 1.165) is 0 Å². The number of benzene rings is 1. The lowest BCUT2D eigenvalue weighted by molar-refractivity contribution is -0.198. The zero-order chi connectivity index (χ0) is 27.6. The van der Waals surface area contributed by atoms with Crippen molar-refractivity contribution in [2.75, 3.05) is 59.5 Å². The average Bonchev–Trinajstić information content (AvgIpc) is 3.21. The Bertz CT molecular complexity index is 933. The maximum absolute atomic E-state index is 11.6. The number of hydroxylamine groups is 2. The molecule has 1 saturated heterocycles. The third-order valence-corrected chi connectivity index (χ3v) is 4.73. The van der Waals surface area contributed by atoms with Gasteiger partial charge in [0.15, 0.2) is 5.84 Å². The Kier molecular flexibility index (Phi) is 14.3. The number of hydrogen-bond donors (Lipinski definition) is 2. The molecule has 0 saturated carbocycles. The number of carbonyl (C=O) groups excluding carboxylic acids is 3. The van der Waals surface area contributed by atoms with E-state index in [9.17, 15) is 14.4 Å². The fourth-order valence-electron chi connectivity index (χ4n) is 2.85. The molecule has 1 aliphatic rings. The zero-order valence-corrected chi connectivity index (χ0v) is 21.5. The topological polar surface area (TPSA) is 187 Å². The van der Waals surface area contributed by atoms with Gasteiger partial charge in [0.2, 0.25) is 0 Å². The van der Waals surface area contributed by atoms with E-state index in [0.29, 0.717) is 68.5 Å². The maximum Gasteiger partial charge on any atom is 0.335 e. The summed E-state index contributed by atoms with van der Waals surface area (Å²) in [7, 11) is 0. The van der Waals surface area contributed by atoms with Gasteiger partial charge in [0.1, 0.15) is 18.2 Å². The van der Waals surface area contributed by atoms with Crippen molar-refractivity contribution in [2.45, 2.75) is 26.2 Å². The molecule has 0 unspecified atom stereocenters. The van der Waals surface area contributed by atoms with Gasteiger partial charge in [-0.2, -0.15) is 0 Å². The number of carbonyl (C=O) groups is 3. The van der Waals surface area contributed by atoms with Gasteiger partial charge in [-0.15, -0.1) is 15.3 Å². The first-order chi connectivity index (χ1) is 18.4. The Morgan fingerprint density at radius 1 is 0.789 bits per heavy atom. The van der Waals surface area contributed by atoms with Crippen LogP contribution in [0.4, 0.5) is 0 Å². The second-order valence-corrected chi connectivity index (χ2v) is 7.84. The molecule has 1 fully saturated rings. The summed E-state index contributed by atoms with van der Waals surface area (Å²) < 4.78 is 27.1. The molecule has 1 aromatic carbocycles. The van der Waals surface area contributed by atoms with Crippen LogP contribution < -0.4 is 16.2 Å². The third kappa shape index (κ3) is 12.6. The second kappa shape index (κ2) is 17.8. The van der Waals surface area contributed by atoms with E-state index in [1.165, 1.54) is 0 Å². The van der Waals surface area contributed by atoms with Crippen LogP contribution >= 0.6 is 0 Å². The van der Waals surface area contributed by atoms with Crippen molar-refractivity contribution in [1.82, 2.24) is 5.06 Å². The number of rotatable bonds is 19. The fraction of sp³-hybridized carbons (Fsp3) is 0.542. The predicted molar refractivity (Wildman–Crippen MR) is 135 cm³/mol. The van der Waals surface area contributed by atoms with Crippen LogP contribution in [-0.4, -0.2) is 94.0 Å². The normalized spacial score (nSPS) is 14.3. The van der Waals surface area contributed by atoms with E-state index in [1.807, 2.05) is 0 Å². The van der Waals surface area contributed by atoms with Crippen LogP contribution in [0.2, 0.25) is 0 Å². The molecule has 210 valence electrons. The highest BCUT2D eigenvalue weighted by Crippen LogP contribution is 2.13. The highest BCUT2D eigenvalue weighted by Gasteiger charge is 2.32. The zero-order valence-electron chi connectivity index (χ0n) is 21.5. The van der Waals surface area contributed by atoms with Gasteiger partial charge in [-0.05, 0) is 31.2 Å². The summed E-state index contributed by atoms with van der Waals surface area (Å²) in [6.45, 7) is 4.75. The van der Waals surface area contributed by atoms with E-state index in [1.54, 1.807) is 31.2 Å². The lowest BCUT2D eigenvalue weighted by Crippen LogP contribution is -2.32. The van der Waals surface area contributed by atoms with Crippen molar-refractivity contribution in [3.05, 3.63) is 29.8 Å². The molecule has 0 atom stereocenters. The Hall–Kier alpha value is -3.59. The van der Waals surface area contributed by atoms with Gasteiger partial charge < -0.3 is 40.0 Å². The molecular weight excluding hydrogens is 502 g/mol. The standard InChI is InChI=1S/C24H35N5O9/c1-18(25)27-28-24(26)19-2-4-20(5-3-19)37-17-16-36-15-14-35-13-12-34-11-10-33-9-8-23(32)38-29-21(30)6-7-22(29)31/h2-5H,6-17H2,1H3,(H2,25,27)(H2,26,28). The minimum Gasteiger partial charge on any atom is -0.491 e. The summed E-state index contributed by atoms with van der Waals surface area (Å²) in [5, 5.41) is 8.06. The van der Waals surface area contributed by atoms with E-state index in [2.05, 4.69) is 10.2 Å². The molecule has 0 aromatic heterocycles. The minimum absolute atomic E-state index is 0.0584. The quantitative estimate of drug-likeness (QED) is 0.0802. The van der Waals surface area contributed by atoms with Crippen LogP contribution in [0.25, 0.3) is 0 Å². The first-order valence-corrected chi connectivity index (χ1v) is 12.1. The first kappa shape index (κ1) is 30.6. The number of hydrogen-bond acceptors (Lipinski definition) is 11. The molecule has 0 bridgehead atoms. The van der Waals surface area contributed by atoms with Crippen LogP contribution in [0.5, 0.6) is 5.75 Å². The lowest BCUT2D eigenvalue weighted by atomic mass is 10.2. The van der Waals surface area contributed by atoms with E-state index < -0.39 is 17.8 Å². The third-order valence-electron chi connectivity index (χ3n) is 4.73. The Balaban J connectivity index is 1.36. The van der Waals surface area contributed by atoms with E-state index in [4.69, 9.17) is 40.0 Å². The highest BCUT2D eigenvalue weighted by atomic mass is 16.7. The van der Waals surface area contributed by atoms with Crippen LogP contribution in [0.15, 0.2) is 34.5 Å². The van der Waals surface area contributed by atoms with Crippen molar-refractivity contribution < 1.29 is 42.9 Å². The molecule has 14 nitrogen and oxygen atoms in total. The van der Waals surface area contributed by atoms with Gasteiger partial charge >= 0.3 is 5.97 Å². The Morgan fingerprint density at radius 3 is 1.82 bits per heavy atom. The van der Waals surface area contributed by atoms with Crippen LogP contribution in [0, 0.1) is 0 Å². The van der Waals surface area contributed by atoms with E-state index in [-0.39, 0.29) is 38.3 Å². The second-order valence-electron chi connectivity index (χ2n) is 7.84. The average molecular weight is 538 g/mol. The summed E-state index contributed by atoms with van der Waals surface area (Å²) in [6.07, 6.45) is 0.0407. The molecule has 1 aromatic rings. The Morgan fingerprint density at radius 2 is 1.29 bits per heavy atom. The number of imide groups is 1. The summed E-state index contributed by atoms with van der Waals surface area (Å²) >= 11 is 0. The van der Waals surface area contributed by atoms with Crippen LogP contribution in [0.1, 0.15) is 31.7 Å². The molecule has 0 radical (unpaired) electrons. The largest absolute Gasteiger partial charge is 0.491 e. The molecule has 38 heavy (non-hydrogen) atoms. The number of nitrogens with zero attached hydrogens (tertiary/aromatic N) is 3. The SMILES string of the molecule is C/C(N)=N/N=C(\N)c1ccc(OCCOCCOCCOCCOCCC(=O)ON2C(=O)CCC2=O)cc1. The molecule has 1 aliphatic heterocycles. The van der Waals surface area contributed by atoms with Crippen LogP contribution in [-0.2, 0) is 38.2 Å². The summed E-state index contributed by atoms with van der Waals surface area (Å²) in [4.78, 5) is 39.1. The molecule has 2 amide bonds. The van der Waals surface area contributed by atoms with Crippen molar-refractivity contribution in [2.24, 2.45) is 21.7 Å². The predicted octanol–water partition coefficient (Wildman–Crippen LogP) is 0.127. The summed E-state index contributed by atoms with van der Waals surface area (Å²) in [5.41, 5.74) is 12.0. The van der Waals surface area contributed by atoms with Crippen molar-refractivity contribution >= 4 is 29.5 Å². The van der Waals surface area contributed by atoms with Gasteiger partial charge in [-0.3, -0.25) is 9.59 Å². The Labute approximate surface area is 220 Å². The van der Waals surface area contributed by atoms with Gasteiger partial charge in [0.05, 0.1) is 59.3 Å². The van der Waals surface area contributed by atoms with Gasteiger partial charge in [0, 0.05) is 18.4 Å². The van der Waals surface area contributed by atoms with Crippen LogP contribution in [0.3, 0.4) is 0 Å². The highest BCUT2D eigenvalue weighted by molar-refractivity contribution is 6.01. The molecule has 4 N–H and O–H groups in total. The maximum atomic E-state index is 11.6. The molecular formula is C24H35N5O9. The van der Waals surface area contributed by atoms with E-state index >= 15 is 0 Å².